The number of rotatable bonds is 2. The fourth-order valence-electron chi connectivity index (χ4n) is 0.897. The van der Waals surface area contributed by atoms with Gasteiger partial charge >= 0.3 is 0 Å². The zero-order valence-electron chi connectivity index (χ0n) is 6.79. The van der Waals surface area contributed by atoms with Crippen LogP contribution in [0.25, 0.3) is 6.08 Å². The van der Waals surface area contributed by atoms with Gasteiger partial charge in [0.2, 0.25) is 5.95 Å². The summed E-state index contributed by atoms with van der Waals surface area (Å²) < 4.78 is 12.5. The molecule has 1 aromatic heterocycles. The van der Waals surface area contributed by atoms with Crippen LogP contribution in [0.2, 0.25) is 0 Å². The van der Waals surface area contributed by atoms with Gasteiger partial charge in [-0.3, -0.25) is 0 Å². The zero-order chi connectivity index (χ0) is 8.97. The maximum Gasteiger partial charge on any atom is 0.213 e. The third-order valence-corrected chi connectivity index (χ3v) is 1.50. The van der Waals surface area contributed by atoms with Crippen molar-refractivity contribution < 1.29 is 9.50 Å². The van der Waals surface area contributed by atoms with Crippen LogP contribution in [0.5, 0.6) is 0 Å². The van der Waals surface area contributed by atoms with Crippen molar-refractivity contribution in [1.29, 1.82) is 0 Å². The largest absolute Gasteiger partial charge is 0.392 e. The number of aliphatic hydroxyl groups is 1. The van der Waals surface area contributed by atoms with Crippen LogP contribution >= 0.6 is 0 Å². The van der Waals surface area contributed by atoms with Gasteiger partial charge in [-0.1, -0.05) is 12.2 Å². The van der Waals surface area contributed by atoms with Gasteiger partial charge in [-0.25, -0.2) is 4.98 Å². The second kappa shape index (κ2) is 3.97. The molecule has 0 saturated heterocycles. The molecule has 0 bridgehead atoms. The van der Waals surface area contributed by atoms with Gasteiger partial charge in [-0.15, -0.1) is 0 Å². The van der Waals surface area contributed by atoms with Crippen molar-refractivity contribution in [1.82, 2.24) is 4.98 Å². The molecule has 0 aliphatic rings. The predicted molar refractivity (Wildman–Crippen MR) is 45.1 cm³/mol. The molecular weight excluding hydrogens is 157 g/mol. The summed E-state index contributed by atoms with van der Waals surface area (Å²) in [4.78, 5) is 3.63. The summed E-state index contributed by atoms with van der Waals surface area (Å²) in [7, 11) is 0. The normalized spacial score (nSPS) is 10.9. The van der Waals surface area contributed by atoms with E-state index in [9.17, 15) is 4.39 Å². The fraction of sp³-hybridized carbons (Fsp3) is 0.222. The SMILES string of the molecule is Cc1nc(F)ccc1C=CCO. The van der Waals surface area contributed by atoms with Crippen molar-refractivity contribution in [2.24, 2.45) is 0 Å². The number of aliphatic hydroxyl groups excluding tert-OH is 1. The molecule has 0 radical (unpaired) electrons. The average molecular weight is 167 g/mol. The number of aromatic nitrogens is 1. The van der Waals surface area contributed by atoms with Crippen molar-refractivity contribution in [3.05, 3.63) is 35.4 Å². The minimum absolute atomic E-state index is 0.0170. The van der Waals surface area contributed by atoms with E-state index in [4.69, 9.17) is 5.11 Å². The predicted octanol–water partition coefficient (Wildman–Crippen LogP) is 1.53. The summed E-state index contributed by atoms with van der Waals surface area (Å²) in [6.07, 6.45) is 3.30. The van der Waals surface area contributed by atoms with E-state index in [1.165, 1.54) is 6.07 Å². The first kappa shape index (κ1) is 8.87. The number of hydrogen-bond donors (Lipinski definition) is 1. The van der Waals surface area contributed by atoms with Gasteiger partial charge in [0.1, 0.15) is 0 Å². The van der Waals surface area contributed by atoms with Gasteiger partial charge in [0.05, 0.1) is 6.61 Å². The molecule has 0 aliphatic carbocycles. The van der Waals surface area contributed by atoms with E-state index in [0.29, 0.717) is 5.69 Å². The van der Waals surface area contributed by atoms with Crippen LogP contribution in [-0.4, -0.2) is 16.7 Å². The van der Waals surface area contributed by atoms with Crippen LogP contribution in [0.15, 0.2) is 18.2 Å². The van der Waals surface area contributed by atoms with E-state index >= 15 is 0 Å². The van der Waals surface area contributed by atoms with Crippen molar-refractivity contribution in [3.63, 3.8) is 0 Å². The summed E-state index contributed by atoms with van der Waals surface area (Å²) in [5.41, 5.74) is 1.45. The summed E-state index contributed by atoms with van der Waals surface area (Å²) in [6.45, 7) is 1.71. The lowest BCUT2D eigenvalue weighted by atomic mass is 10.2. The van der Waals surface area contributed by atoms with Crippen LogP contribution in [0, 0.1) is 12.9 Å². The zero-order valence-corrected chi connectivity index (χ0v) is 6.79. The summed E-state index contributed by atoms with van der Waals surface area (Å²) in [6, 6.07) is 2.92. The van der Waals surface area contributed by atoms with Gasteiger partial charge in [0.25, 0.3) is 0 Å². The van der Waals surface area contributed by atoms with Gasteiger partial charge in [-0.05, 0) is 24.6 Å². The quantitative estimate of drug-likeness (QED) is 0.677. The van der Waals surface area contributed by atoms with E-state index < -0.39 is 5.95 Å². The number of aryl methyl sites for hydroxylation is 1. The van der Waals surface area contributed by atoms with Gasteiger partial charge in [0.15, 0.2) is 0 Å². The molecule has 0 aromatic carbocycles. The third-order valence-electron chi connectivity index (χ3n) is 1.50. The Kier molecular flexibility index (Phi) is 2.94. The van der Waals surface area contributed by atoms with Crippen LogP contribution in [0.1, 0.15) is 11.3 Å². The molecular formula is C9H10FNO. The Morgan fingerprint density at radius 2 is 2.33 bits per heavy atom. The lowest BCUT2D eigenvalue weighted by Gasteiger charge is -1.97. The summed E-state index contributed by atoms with van der Waals surface area (Å²) in [5.74, 6) is -0.478. The number of hydrogen-bond acceptors (Lipinski definition) is 2. The van der Waals surface area contributed by atoms with Gasteiger partial charge in [0, 0.05) is 5.69 Å². The maximum absolute atomic E-state index is 12.5. The molecule has 1 heterocycles. The summed E-state index contributed by atoms with van der Waals surface area (Å²) >= 11 is 0. The van der Waals surface area contributed by atoms with Crippen molar-refractivity contribution in [3.8, 4) is 0 Å². The summed E-state index contributed by atoms with van der Waals surface area (Å²) in [5, 5.41) is 8.49. The highest BCUT2D eigenvalue weighted by Crippen LogP contribution is 2.07. The second-order valence-corrected chi connectivity index (χ2v) is 2.39. The Hall–Kier alpha value is -1.22. The average Bonchev–Trinajstić information content (AvgIpc) is 2.03. The topological polar surface area (TPSA) is 33.1 Å². The van der Waals surface area contributed by atoms with E-state index in [0.717, 1.165) is 5.56 Å². The number of nitrogens with zero attached hydrogens (tertiary/aromatic N) is 1. The van der Waals surface area contributed by atoms with E-state index in [1.807, 2.05) is 0 Å². The molecule has 12 heavy (non-hydrogen) atoms. The molecule has 1 rings (SSSR count). The van der Waals surface area contributed by atoms with Crippen LogP contribution in [0.3, 0.4) is 0 Å². The van der Waals surface area contributed by atoms with E-state index in [2.05, 4.69) is 4.98 Å². The van der Waals surface area contributed by atoms with Crippen LogP contribution in [-0.2, 0) is 0 Å². The minimum Gasteiger partial charge on any atom is -0.392 e. The molecule has 64 valence electrons. The van der Waals surface area contributed by atoms with Crippen molar-refractivity contribution in [2.45, 2.75) is 6.92 Å². The Balaban J connectivity index is 2.94. The maximum atomic E-state index is 12.5. The molecule has 1 N–H and O–H groups in total. The lowest BCUT2D eigenvalue weighted by Crippen LogP contribution is -1.89. The molecule has 0 fully saturated rings. The minimum atomic E-state index is -0.478. The Morgan fingerprint density at radius 3 is 2.92 bits per heavy atom. The monoisotopic (exact) mass is 167 g/mol. The molecule has 0 spiro atoms. The molecule has 0 unspecified atom stereocenters. The number of pyridine rings is 1. The highest BCUT2D eigenvalue weighted by Gasteiger charge is 1.96. The van der Waals surface area contributed by atoms with Crippen LogP contribution in [0.4, 0.5) is 4.39 Å². The first-order valence-corrected chi connectivity index (χ1v) is 3.64. The van der Waals surface area contributed by atoms with Crippen molar-refractivity contribution >= 4 is 6.08 Å². The lowest BCUT2D eigenvalue weighted by molar-refractivity contribution is 0.343. The van der Waals surface area contributed by atoms with Gasteiger partial charge < -0.3 is 5.11 Å². The second-order valence-electron chi connectivity index (χ2n) is 2.39. The van der Waals surface area contributed by atoms with Crippen molar-refractivity contribution in [2.75, 3.05) is 6.61 Å². The Labute approximate surface area is 70.4 Å². The fourth-order valence-corrected chi connectivity index (χ4v) is 0.897. The van der Waals surface area contributed by atoms with Crippen LogP contribution < -0.4 is 0 Å². The Morgan fingerprint density at radius 1 is 1.58 bits per heavy atom. The smallest absolute Gasteiger partial charge is 0.213 e. The first-order chi connectivity index (χ1) is 5.74. The third kappa shape index (κ3) is 2.13. The molecule has 0 atom stereocenters. The van der Waals surface area contributed by atoms with Gasteiger partial charge in [-0.2, -0.15) is 4.39 Å². The van der Waals surface area contributed by atoms with E-state index in [-0.39, 0.29) is 6.61 Å². The first-order valence-electron chi connectivity index (χ1n) is 3.64. The molecule has 0 saturated carbocycles. The number of halogens is 1. The molecule has 0 amide bonds. The van der Waals surface area contributed by atoms with E-state index in [1.54, 1.807) is 25.1 Å². The molecule has 2 nitrogen and oxygen atoms in total. The molecule has 3 heteroatoms. The molecule has 0 aliphatic heterocycles. The standard InChI is InChI=1S/C9H10FNO/c1-7-8(3-2-6-12)4-5-9(10)11-7/h2-5,12H,6H2,1H3. The highest BCUT2D eigenvalue weighted by molar-refractivity contribution is 5.51. The Bertz CT molecular complexity index is 297. The highest BCUT2D eigenvalue weighted by atomic mass is 19.1. The molecule has 1 aromatic rings.